The highest BCUT2D eigenvalue weighted by Crippen LogP contribution is 2.46. The maximum absolute atomic E-state index is 7.01. The van der Waals surface area contributed by atoms with Gasteiger partial charge in [-0.1, -0.05) is 96.7 Å². The molecule has 1 rings (SSSR count). The predicted molar refractivity (Wildman–Crippen MR) is 105 cm³/mol. The first-order valence-corrected chi connectivity index (χ1v) is 10.9. The molecule has 0 radical (unpaired) electrons. The van der Waals surface area contributed by atoms with Crippen LogP contribution in [0.1, 0.15) is 59.6 Å². The van der Waals surface area contributed by atoms with E-state index in [2.05, 4.69) is 85.0 Å². The third kappa shape index (κ3) is 4.68. The van der Waals surface area contributed by atoms with Gasteiger partial charge in [-0.2, -0.15) is 0 Å². The summed E-state index contributed by atoms with van der Waals surface area (Å²) >= 11 is 0. The van der Waals surface area contributed by atoms with Crippen LogP contribution in [0.3, 0.4) is 0 Å². The second-order valence-corrected chi connectivity index (χ2v) is 12.8. The molecule has 128 valence electrons. The molecule has 0 fully saturated rings. The third-order valence-corrected chi connectivity index (χ3v) is 11.1. The molecule has 1 aromatic carbocycles. The molecule has 0 aliphatic rings. The summed E-state index contributed by atoms with van der Waals surface area (Å²) in [7, 11) is -1.93. The third-order valence-electron chi connectivity index (χ3n) is 4.96. The van der Waals surface area contributed by atoms with Crippen molar-refractivity contribution >= 4 is 8.32 Å². The van der Waals surface area contributed by atoms with E-state index in [4.69, 9.17) is 4.43 Å². The summed E-state index contributed by atoms with van der Waals surface area (Å²) in [6.07, 6.45) is 2.73. The summed E-state index contributed by atoms with van der Waals surface area (Å²) in [5, 5.41) is 0. The molecule has 1 atom stereocenters. The summed E-state index contributed by atoms with van der Waals surface area (Å²) in [6, 6.07) is 10.6. The second kappa shape index (κ2) is 8.65. The number of hydrogen-bond donors (Lipinski definition) is 0. The molecule has 0 aliphatic carbocycles. The van der Waals surface area contributed by atoms with Crippen LogP contribution in [-0.2, 0) is 4.43 Å². The van der Waals surface area contributed by atoms with E-state index in [-0.39, 0.29) is 6.10 Å². The largest absolute Gasteiger partial charge is 0.409 e. The first-order chi connectivity index (χ1) is 10.8. The van der Waals surface area contributed by atoms with Crippen molar-refractivity contribution < 1.29 is 4.43 Å². The summed E-state index contributed by atoms with van der Waals surface area (Å²) < 4.78 is 7.01. The van der Waals surface area contributed by atoms with Crippen LogP contribution in [0.15, 0.2) is 55.1 Å². The average Bonchev–Trinajstić information content (AvgIpc) is 2.50. The lowest BCUT2D eigenvalue weighted by atomic mass is 10.0. The number of hydrogen-bond acceptors (Lipinski definition) is 1. The highest BCUT2D eigenvalue weighted by atomic mass is 28.4. The van der Waals surface area contributed by atoms with E-state index in [1.165, 1.54) is 5.56 Å². The molecular weight excluding hydrogens is 296 g/mol. The molecule has 0 amide bonds. The Morgan fingerprint density at radius 3 is 1.87 bits per heavy atom. The Morgan fingerprint density at radius 2 is 1.48 bits per heavy atom. The minimum absolute atomic E-state index is 0.0700. The van der Waals surface area contributed by atoms with Crippen molar-refractivity contribution in [1.82, 2.24) is 0 Å². The van der Waals surface area contributed by atoms with Crippen molar-refractivity contribution in [2.45, 2.75) is 70.7 Å². The Kier molecular flexibility index (Phi) is 7.49. The normalized spacial score (nSPS) is 13.6. The van der Waals surface area contributed by atoms with Crippen molar-refractivity contribution in [2.24, 2.45) is 0 Å². The van der Waals surface area contributed by atoms with Crippen molar-refractivity contribution in [3.8, 4) is 0 Å². The van der Waals surface area contributed by atoms with Gasteiger partial charge in [0.25, 0.3) is 0 Å². The zero-order chi connectivity index (χ0) is 17.6. The van der Waals surface area contributed by atoms with Crippen LogP contribution in [0, 0.1) is 0 Å². The molecule has 23 heavy (non-hydrogen) atoms. The van der Waals surface area contributed by atoms with Crippen LogP contribution in [0.5, 0.6) is 0 Å². The Balaban J connectivity index is 3.25. The SMILES string of the molecule is C=CC(=C)CC(O[Si](C(C)C)(C(C)C)C(C)C)c1ccccc1. The van der Waals surface area contributed by atoms with Gasteiger partial charge in [0.2, 0.25) is 8.32 Å². The lowest BCUT2D eigenvalue weighted by molar-refractivity contribution is 0.177. The van der Waals surface area contributed by atoms with Gasteiger partial charge in [0, 0.05) is 6.42 Å². The second-order valence-electron chi connectivity index (χ2n) is 7.40. The molecule has 0 saturated carbocycles. The molecule has 0 aromatic heterocycles. The Hall–Kier alpha value is -1.12. The van der Waals surface area contributed by atoms with E-state index < -0.39 is 8.32 Å². The number of benzene rings is 1. The van der Waals surface area contributed by atoms with Crippen molar-refractivity contribution in [3.05, 3.63) is 60.7 Å². The van der Waals surface area contributed by atoms with E-state index >= 15 is 0 Å². The van der Waals surface area contributed by atoms with Crippen molar-refractivity contribution in [1.29, 1.82) is 0 Å². The summed E-state index contributed by atoms with van der Waals surface area (Å²) in [5.74, 6) is 0. The van der Waals surface area contributed by atoms with Crippen LogP contribution in [0.4, 0.5) is 0 Å². The molecule has 0 aliphatic heterocycles. The predicted octanol–water partition coefficient (Wildman–Crippen LogP) is 7.05. The van der Waals surface area contributed by atoms with Gasteiger partial charge < -0.3 is 4.43 Å². The van der Waals surface area contributed by atoms with Crippen LogP contribution >= 0.6 is 0 Å². The molecule has 2 heteroatoms. The van der Waals surface area contributed by atoms with Crippen LogP contribution in [0.2, 0.25) is 16.6 Å². The first kappa shape index (κ1) is 19.9. The van der Waals surface area contributed by atoms with E-state index in [0.717, 1.165) is 12.0 Å². The molecule has 0 bridgehead atoms. The Labute approximate surface area is 144 Å². The lowest BCUT2D eigenvalue weighted by Gasteiger charge is -2.45. The maximum atomic E-state index is 7.01. The van der Waals surface area contributed by atoms with Crippen LogP contribution < -0.4 is 0 Å². The van der Waals surface area contributed by atoms with E-state index in [9.17, 15) is 0 Å². The van der Waals surface area contributed by atoms with Gasteiger partial charge >= 0.3 is 0 Å². The zero-order valence-electron chi connectivity index (χ0n) is 15.8. The highest BCUT2D eigenvalue weighted by molar-refractivity contribution is 6.77. The van der Waals surface area contributed by atoms with Gasteiger partial charge in [-0.25, -0.2) is 0 Å². The lowest BCUT2D eigenvalue weighted by Crippen LogP contribution is -2.48. The summed E-state index contributed by atoms with van der Waals surface area (Å²) in [5.41, 5.74) is 4.01. The fraction of sp³-hybridized carbons (Fsp3) is 0.524. The first-order valence-electron chi connectivity index (χ1n) is 8.78. The summed E-state index contributed by atoms with van der Waals surface area (Å²) in [4.78, 5) is 0. The monoisotopic (exact) mass is 330 g/mol. The molecule has 0 spiro atoms. The molecule has 1 unspecified atom stereocenters. The molecule has 1 nitrogen and oxygen atoms in total. The van der Waals surface area contributed by atoms with Gasteiger partial charge in [-0.05, 0) is 22.2 Å². The van der Waals surface area contributed by atoms with Crippen LogP contribution in [0.25, 0.3) is 0 Å². The van der Waals surface area contributed by atoms with Gasteiger partial charge in [0.05, 0.1) is 6.10 Å². The fourth-order valence-electron chi connectivity index (χ4n) is 3.87. The molecule has 0 saturated heterocycles. The molecule has 0 heterocycles. The molecule has 1 aromatic rings. The summed E-state index contributed by atoms with van der Waals surface area (Å²) in [6.45, 7) is 22.0. The Bertz CT molecular complexity index is 480. The molecular formula is C21H34OSi. The smallest absolute Gasteiger partial charge is 0.201 e. The van der Waals surface area contributed by atoms with Crippen molar-refractivity contribution in [3.63, 3.8) is 0 Å². The van der Waals surface area contributed by atoms with Crippen LogP contribution in [-0.4, -0.2) is 8.32 Å². The minimum Gasteiger partial charge on any atom is -0.409 e. The van der Waals surface area contributed by atoms with Crippen molar-refractivity contribution in [2.75, 3.05) is 0 Å². The number of rotatable bonds is 9. The van der Waals surface area contributed by atoms with E-state index in [1.54, 1.807) is 0 Å². The number of allylic oxidation sites excluding steroid dienone is 1. The Morgan fingerprint density at radius 1 is 1.00 bits per heavy atom. The average molecular weight is 331 g/mol. The standard InChI is InChI=1S/C21H34OSi/c1-9-19(8)15-21(20-13-11-10-12-14-20)22-23(16(2)3,17(4)5)18(6)7/h9-14,16-18,21H,1,8,15H2,2-7H3. The van der Waals surface area contributed by atoms with Gasteiger partial charge in [-0.3, -0.25) is 0 Å². The fourth-order valence-corrected chi connectivity index (χ4v) is 9.40. The topological polar surface area (TPSA) is 9.23 Å². The quantitative estimate of drug-likeness (QED) is 0.348. The maximum Gasteiger partial charge on any atom is 0.201 e. The minimum atomic E-state index is -1.93. The molecule has 0 N–H and O–H groups in total. The van der Waals surface area contributed by atoms with E-state index in [1.807, 2.05) is 6.08 Å². The van der Waals surface area contributed by atoms with Gasteiger partial charge in [0.15, 0.2) is 0 Å². The zero-order valence-corrected chi connectivity index (χ0v) is 16.8. The highest BCUT2D eigenvalue weighted by Gasteiger charge is 2.46. The van der Waals surface area contributed by atoms with E-state index in [0.29, 0.717) is 16.6 Å². The van der Waals surface area contributed by atoms with Gasteiger partial charge in [0.1, 0.15) is 0 Å². The van der Waals surface area contributed by atoms with Gasteiger partial charge in [-0.15, -0.1) is 0 Å².